The lowest BCUT2D eigenvalue weighted by atomic mass is 9.94. The second-order valence-corrected chi connectivity index (χ2v) is 9.30. The summed E-state index contributed by atoms with van der Waals surface area (Å²) >= 11 is 0. The highest BCUT2D eigenvalue weighted by molar-refractivity contribution is 6.51. The number of carbonyl (C=O) groups excluding carboxylic acids is 2. The van der Waals surface area contributed by atoms with Crippen LogP contribution in [-0.4, -0.2) is 55.1 Å². The molecule has 1 aliphatic rings. The third-order valence-corrected chi connectivity index (χ3v) is 6.68. The Hall–Kier alpha value is -4.79. The molecule has 0 aliphatic carbocycles. The van der Waals surface area contributed by atoms with Crippen molar-refractivity contribution in [1.82, 2.24) is 9.97 Å². The van der Waals surface area contributed by atoms with E-state index in [1.807, 2.05) is 56.3 Å². The predicted molar refractivity (Wildman–Crippen MR) is 146 cm³/mol. The molecule has 0 bridgehead atoms. The zero-order valence-corrected chi connectivity index (χ0v) is 21.8. The Balaban J connectivity index is 1.74. The highest BCUT2D eigenvalue weighted by atomic mass is 16.5. The van der Waals surface area contributed by atoms with Gasteiger partial charge in [0.05, 0.1) is 42.4 Å². The average molecular weight is 513 g/mol. The average Bonchev–Trinajstić information content (AvgIpc) is 3.45. The van der Waals surface area contributed by atoms with E-state index in [4.69, 9.17) is 9.47 Å². The van der Waals surface area contributed by atoms with Crippen LogP contribution < -0.4 is 19.3 Å². The van der Waals surface area contributed by atoms with Crippen LogP contribution in [-0.2, 0) is 9.59 Å². The maximum Gasteiger partial charge on any atom is 0.302 e. The van der Waals surface area contributed by atoms with E-state index in [2.05, 4.69) is 9.97 Å². The third-order valence-electron chi connectivity index (χ3n) is 6.68. The van der Waals surface area contributed by atoms with Gasteiger partial charge in [0.15, 0.2) is 0 Å². The van der Waals surface area contributed by atoms with E-state index in [0.29, 0.717) is 33.7 Å². The molecular weight excluding hydrogens is 484 g/mol. The lowest BCUT2D eigenvalue weighted by molar-refractivity contribution is -0.132. The summed E-state index contributed by atoms with van der Waals surface area (Å²) in [5.41, 5.74) is 3.97. The molecule has 2 N–H and O–H groups in total. The van der Waals surface area contributed by atoms with Crippen LogP contribution in [0.4, 0.5) is 11.6 Å². The number of Topliss-reactive ketones (excluding diaryl/α,β-unsaturated/α-hetero) is 1. The number of hydrogen-bond acceptors (Lipinski definition) is 7. The van der Waals surface area contributed by atoms with Gasteiger partial charge in [-0.1, -0.05) is 23.8 Å². The third kappa shape index (κ3) is 4.11. The number of benzene rings is 3. The highest BCUT2D eigenvalue weighted by Crippen LogP contribution is 2.43. The quantitative estimate of drug-likeness (QED) is 0.221. The van der Waals surface area contributed by atoms with Crippen LogP contribution in [0.5, 0.6) is 11.5 Å². The molecule has 0 spiro atoms. The number of H-pyrrole nitrogens is 1. The van der Waals surface area contributed by atoms with Crippen molar-refractivity contribution in [1.29, 1.82) is 0 Å². The van der Waals surface area contributed by atoms with Gasteiger partial charge in [-0.05, 0) is 48.9 Å². The Kier molecular flexibility index (Phi) is 6.28. The number of aryl methyl sites for hydroxylation is 1. The van der Waals surface area contributed by atoms with E-state index in [9.17, 15) is 14.7 Å². The Morgan fingerprint density at radius 3 is 2.39 bits per heavy atom. The van der Waals surface area contributed by atoms with Gasteiger partial charge >= 0.3 is 5.91 Å². The molecule has 0 saturated carbocycles. The van der Waals surface area contributed by atoms with Crippen LogP contribution >= 0.6 is 0 Å². The van der Waals surface area contributed by atoms with Gasteiger partial charge in [-0.3, -0.25) is 14.5 Å². The molecule has 1 unspecified atom stereocenters. The summed E-state index contributed by atoms with van der Waals surface area (Å²) in [5.74, 6) is -0.733. The number of nitrogens with zero attached hydrogens (tertiary/aromatic N) is 3. The standard InChI is InChI=1S/C29H28N4O5/c1-16-6-13-23(38-5)20(14-16)26(34)24-25(17-7-9-18(10-8-17)32(2)3)33(28(36)27(24)35)29-30-21-12-11-19(37-4)15-22(21)31-29/h6-15,25,34H,1-5H3,(H,30,31)/b26-24+. The summed E-state index contributed by atoms with van der Waals surface area (Å²) in [6.45, 7) is 1.87. The van der Waals surface area contributed by atoms with E-state index in [1.165, 1.54) is 12.0 Å². The van der Waals surface area contributed by atoms with Crippen molar-refractivity contribution in [2.75, 3.05) is 38.1 Å². The first-order valence-electron chi connectivity index (χ1n) is 12.0. The first kappa shape index (κ1) is 24.9. The largest absolute Gasteiger partial charge is 0.507 e. The van der Waals surface area contributed by atoms with Crippen LogP contribution in [0.3, 0.4) is 0 Å². The van der Waals surface area contributed by atoms with E-state index >= 15 is 0 Å². The fourth-order valence-electron chi connectivity index (χ4n) is 4.69. The molecule has 0 radical (unpaired) electrons. The van der Waals surface area contributed by atoms with Crippen molar-refractivity contribution >= 4 is 40.1 Å². The molecule has 5 rings (SSSR count). The normalized spacial score (nSPS) is 16.8. The number of imidazole rings is 1. The van der Waals surface area contributed by atoms with Crippen LogP contribution in [0, 0.1) is 6.92 Å². The number of methoxy groups -OCH3 is 2. The summed E-state index contributed by atoms with van der Waals surface area (Å²) in [4.78, 5) is 38.1. The van der Waals surface area contributed by atoms with Gasteiger partial charge in [0.2, 0.25) is 5.95 Å². The highest BCUT2D eigenvalue weighted by Gasteiger charge is 2.48. The van der Waals surface area contributed by atoms with E-state index in [1.54, 1.807) is 37.4 Å². The number of fused-ring (bicyclic) bond motifs is 1. The molecule has 38 heavy (non-hydrogen) atoms. The monoisotopic (exact) mass is 512 g/mol. The van der Waals surface area contributed by atoms with E-state index < -0.39 is 17.7 Å². The summed E-state index contributed by atoms with van der Waals surface area (Å²) in [7, 11) is 6.90. The molecule has 9 heteroatoms. The van der Waals surface area contributed by atoms with Crippen LogP contribution in [0.15, 0.2) is 66.2 Å². The number of aromatic nitrogens is 2. The number of aliphatic hydroxyl groups is 1. The molecule has 1 aliphatic heterocycles. The fourth-order valence-corrected chi connectivity index (χ4v) is 4.69. The minimum atomic E-state index is -0.932. The first-order valence-corrected chi connectivity index (χ1v) is 12.0. The molecule has 1 amide bonds. The van der Waals surface area contributed by atoms with Crippen molar-refractivity contribution in [3.8, 4) is 11.5 Å². The number of carbonyl (C=O) groups is 2. The number of ketones is 1. The second kappa shape index (κ2) is 9.59. The molecule has 9 nitrogen and oxygen atoms in total. The SMILES string of the molecule is COc1ccc2nc(N3C(=O)C(=O)/C(=C(/O)c4cc(C)ccc4OC)C3c3ccc(N(C)C)cc3)[nH]c2c1. The van der Waals surface area contributed by atoms with E-state index in [0.717, 1.165) is 11.3 Å². The number of aliphatic hydroxyl groups excluding tert-OH is 1. The molecule has 1 fully saturated rings. The van der Waals surface area contributed by atoms with E-state index in [-0.39, 0.29) is 17.3 Å². The van der Waals surface area contributed by atoms with Gasteiger partial charge < -0.3 is 24.5 Å². The number of rotatable bonds is 6. The number of anilines is 2. The van der Waals surface area contributed by atoms with Crippen molar-refractivity contribution in [3.63, 3.8) is 0 Å². The van der Waals surface area contributed by atoms with Gasteiger partial charge in [0.1, 0.15) is 17.3 Å². The van der Waals surface area contributed by atoms with Crippen molar-refractivity contribution in [2.45, 2.75) is 13.0 Å². The Morgan fingerprint density at radius 2 is 1.74 bits per heavy atom. The summed E-state index contributed by atoms with van der Waals surface area (Å²) < 4.78 is 10.8. The number of amides is 1. The number of ether oxygens (including phenoxy) is 2. The number of nitrogens with one attached hydrogen (secondary N) is 1. The predicted octanol–water partition coefficient (Wildman–Crippen LogP) is 4.58. The van der Waals surface area contributed by atoms with Gasteiger partial charge in [0.25, 0.3) is 5.78 Å². The molecule has 1 aromatic heterocycles. The Bertz CT molecular complexity index is 1590. The second-order valence-electron chi connectivity index (χ2n) is 9.30. The lowest BCUT2D eigenvalue weighted by Gasteiger charge is -2.24. The van der Waals surface area contributed by atoms with Crippen molar-refractivity contribution in [2.24, 2.45) is 0 Å². The Morgan fingerprint density at radius 1 is 1.00 bits per heavy atom. The lowest BCUT2D eigenvalue weighted by Crippen LogP contribution is -2.30. The first-order chi connectivity index (χ1) is 18.2. The van der Waals surface area contributed by atoms with Crippen molar-refractivity contribution < 1.29 is 24.2 Å². The summed E-state index contributed by atoms with van der Waals surface area (Å²) in [5, 5.41) is 11.5. The number of aromatic amines is 1. The van der Waals surface area contributed by atoms with Crippen LogP contribution in [0.2, 0.25) is 0 Å². The van der Waals surface area contributed by atoms with Gasteiger partial charge in [-0.2, -0.15) is 0 Å². The minimum Gasteiger partial charge on any atom is -0.507 e. The summed E-state index contributed by atoms with van der Waals surface area (Å²) in [6, 6.07) is 17.1. The Labute approximate surface area is 219 Å². The van der Waals surface area contributed by atoms with Gasteiger partial charge in [0, 0.05) is 25.8 Å². The molecular formula is C29H28N4O5. The van der Waals surface area contributed by atoms with Crippen molar-refractivity contribution in [3.05, 3.63) is 82.9 Å². The molecule has 194 valence electrons. The smallest absolute Gasteiger partial charge is 0.302 e. The molecule has 3 aromatic carbocycles. The topological polar surface area (TPSA) is 108 Å². The summed E-state index contributed by atoms with van der Waals surface area (Å²) in [6.07, 6.45) is 0. The molecule has 2 heterocycles. The molecule has 1 saturated heterocycles. The molecule has 4 aromatic rings. The molecule has 1 atom stereocenters. The zero-order chi connectivity index (χ0) is 27.1. The van der Waals surface area contributed by atoms with Crippen LogP contribution in [0.1, 0.15) is 22.7 Å². The number of hydrogen-bond donors (Lipinski definition) is 2. The van der Waals surface area contributed by atoms with Gasteiger partial charge in [-0.25, -0.2) is 4.98 Å². The maximum atomic E-state index is 13.5. The minimum absolute atomic E-state index is 0.0467. The maximum absolute atomic E-state index is 13.5. The fraction of sp³-hybridized carbons (Fsp3) is 0.207. The zero-order valence-electron chi connectivity index (χ0n) is 21.8. The van der Waals surface area contributed by atoms with Gasteiger partial charge in [-0.15, -0.1) is 0 Å². The van der Waals surface area contributed by atoms with Crippen LogP contribution in [0.25, 0.3) is 16.8 Å².